The van der Waals surface area contributed by atoms with E-state index in [-0.39, 0.29) is 30.0 Å². The maximum absolute atomic E-state index is 12.3. The van der Waals surface area contributed by atoms with Crippen molar-refractivity contribution >= 4 is 17.7 Å². The number of carbonyl (C=O) groups excluding carboxylic acids is 1. The molecule has 0 aliphatic heterocycles. The van der Waals surface area contributed by atoms with Crippen molar-refractivity contribution in [3.63, 3.8) is 0 Å². The highest BCUT2D eigenvalue weighted by atomic mass is 16.6. The molecule has 1 N–H and O–H groups in total. The molecule has 0 fully saturated rings. The Kier molecular flexibility index (Phi) is 7.11. The van der Waals surface area contributed by atoms with Crippen molar-refractivity contribution < 1.29 is 14.5 Å². The second kappa shape index (κ2) is 10.2. The Balaban J connectivity index is 1.69. The summed E-state index contributed by atoms with van der Waals surface area (Å²) in [6.07, 6.45) is 4.68. The SMILES string of the molecule is Cc1ccnc(C(C)NC(=O)C=Cc2ccc([N+](=O)[O-])c(OCc3ccccc3)c2)c1. The Hall–Kier alpha value is -4.00. The van der Waals surface area contributed by atoms with Crippen molar-refractivity contribution in [2.45, 2.75) is 26.5 Å². The number of rotatable bonds is 8. The predicted molar refractivity (Wildman–Crippen MR) is 118 cm³/mol. The quantitative estimate of drug-likeness (QED) is 0.324. The number of hydrogen-bond donors (Lipinski definition) is 1. The van der Waals surface area contributed by atoms with Gasteiger partial charge in [0.05, 0.1) is 16.7 Å². The van der Waals surface area contributed by atoms with Gasteiger partial charge in [-0.15, -0.1) is 0 Å². The minimum Gasteiger partial charge on any atom is -0.482 e. The van der Waals surface area contributed by atoms with Gasteiger partial charge in [0.25, 0.3) is 0 Å². The molecular formula is C24H23N3O4. The first-order chi connectivity index (χ1) is 14.9. The lowest BCUT2D eigenvalue weighted by Crippen LogP contribution is -2.25. The topological polar surface area (TPSA) is 94.4 Å². The minimum absolute atomic E-state index is 0.128. The number of amides is 1. The van der Waals surface area contributed by atoms with E-state index in [4.69, 9.17) is 4.74 Å². The summed E-state index contributed by atoms with van der Waals surface area (Å²) in [5.74, 6) is -0.144. The van der Waals surface area contributed by atoms with Gasteiger partial charge in [-0.3, -0.25) is 19.9 Å². The Bertz CT molecular complexity index is 1100. The largest absolute Gasteiger partial charge is 0.482 e. The monoisotopic (exact) mass is 417 g/mol. The fourth-order valence-corrected chi connectivity index (χ4v) is 2.94. The van der Waals surface area contributed by atoms with E-state index in [0.29, 0.717) is 5.56 Å². The first kappa shape index (κ1) is 21.7. The maximum atomic E-state index is 12.3. The molecule has 0 radical (unpaired) electrons. The second-order valence-electron chi connectivity index (χ2n) is 7.08. The van der Waals surface area contributed by atoms with E-state index in [1.165, 1.54) is 12.1 Å². The van der Waals surface area contributed by atoms with Gasteiger partial charge in [0.15, 0.2) is 5.75 Å². The molecule has 0 aliphatic rings. The highest BCUT2D eigenvalue weighted by Gasteiger charge is 2.15. The van der Waals surface area contributed by atoms with Crippen LogP contribution in [-0.2, 0) is 11.4 Å². The van der Waals surface area contributed by atoms with Crippen LogP contribution in [0.5, 0.6) is 5.75 Å². The molecule has 7 nitrogen and oxygen atoms in total. The molecule has 3 aromatic rings. The summed E-state index contributed by atoms with van der Waals surface area (Å²) >= 11 is 0. The number of ether oxygens (including phenoxy) is 1. The van der Waals surface area contributed by atoms with Crippen LogP contribution in [-0.4, -0.2) is 15.8 Å². The molecule has 1 aromatic heterocycles. The van der Waals surface area contributed by atoms with Gasteiger partial charge in [0, 0.05) is 18.3 Å². The van der Waals surface area contributed by atoms with Crippen LogP contribution in [0.1, 0.15) is 35.3 Å². The van der Waals surface area contributed by atoms with Gasteiger partial charge in [-0.1, -0.05) is 30.3 Å². The number of benzene rings is 2. The molecule has 0 aliphatic carbocycles. The van der Waals surface area contributed by atoms with Crippen molar-refractivity contribution in [1.82, 2.24) is 10.3 Å². The van der Waals surface area contributed by atoms with E-state index in [1.54, 1.807) is 24.4 Å². The van der Waals surface area contributed by atoms with Crippen LogP contribution in [0.15, 0.2) is 72.9 Å². The number of hydrogen-bond acceptors (Lipinski definition) is 5. The number of nitrogens with zero attached hydrogens (tertiary/aromatic N) is 2. The van der Waals surface area contributed by atoms with Crippen LogP contribution in [0.25, 0.3) is 6.08 Å². The smallest absolute Gasteiger partial charge is 0.310 e. The summed E-state index contributed by atoms with van der Waals surface area (Å²) in [7, 11) is 0. The summed E-state index contributed by atoms with van der Waals surface area (Å²) < 4.78 is 5.68. The van der Waals surface area contributed by atoms with Gasteiger partial charge < -0.3 is 10.1 Å². The lowest BCUT2D eigenvalue weighted by Gasteiger charge is -2.12. The molecule has 2 aromatic carbocycles. The summed E-state index contributed by atoms with van der Waals surface area (Å²) in [6, 6.07) is 17.4. The van der Waals surface area contributed by atoms with Gasteiger partial charge in [0.2, 0.25) is 5.91 Å². The average molecular weight is 417 g/mol. The minimum atomic E-state index is -0.489. The number of nitrogens with one attached hydrogen (secondary N) is 1. The molecular weight excluding hydrogens is 394 g/mol. The lowest BCUT2D eigenvalue weighted by molar-refractivity contribution is -0.385. The van der Waals surface area contributed by atoms with Crippen molar-refractivity contribution in [3.05, 3.63) is 105 Å². The molecule has 1 heterocycles. The molecule has 0 spiro atoms. The highest BCUT2D eigenvalue weighted by molar-refractivity contribution is 5.92. The van der Waals surface area contributed by atoms with E-state index in [1.807, 2.05) is 56.3 Å². The highest BCUT2D eigenvalue weighted by Crippen LogP contribution is 2.29. The third kappa shape index (κ3) is 6.24. The van der Waals surface area contributed by atoms with E-state index in [0.717, 1.165) is 16.8 Å². The Morgan fingerprint density at radius 3 is 2.68 bits per heavy atom. The zero-order chi connectivity index (χ0) is 22.2. The number of aryl methyl sites for hydroxylation is 1. The first-order valence-corrected chi connectivity index (χ1v) is 9.78. The van der Waals surface area contributed by atoms with E-state index < -0.39 is 4.92 Å². The Morgan fingerprint density at radius 1 is 1.19 bits per heavy atom. The maximum Gasteiger partial charge on any atom is 0.310 e. The predicted octanol–water partition coefficient (Wildman–Crippen LogP) is 4.77. The van der Waals surface area contributed by atoms with E-state index in [2.05, 4.69) is 10.3 Å². The van der Waals surface area contributed by atoms with Gasteiger partial charge >= 0.3 is 5.69 Å². The summed E-state index contributed by atoms with van der Waals surface area (Å²) in [5, 5.41) is 14.2. The normalized spacial score (nSPS) is 11.8. The van der Waals surface area contributed by atoms with Crippen LogP contribution >= 0.6 is 0 Å². The molecule has 0 saturated heterocycles. The van der Waals surface area contributed by atoms with Crippen molar-refractivity contribution in [3.8, 4) is 5.75 Å². The fourth-order valence-electron chi connectivity index (χ4n) is 2.94. The number of aromatic nitrogens is 1. The summed E-state index contributed by atoms with van der Waals surface area (Å²) in [5.41, 5.74) is 3.22. The Morgan fingerprint density at radius 2 is 1.97 bits per heavy atom. The molecule has 3 rings (SSSR count). The average Bonchev–Trinajstić information content (AvgIpc) is 2.77. The number of pyridine rings is 1. The van der Waals surface area contributed by atoms with E-state index >= 15 is 0 Å². The van der Waals surface area contributed by atoms with Gasteiger partial charge in [-0.05, 0) is 60.9 Å². The van der Waals surface area contributed by atoms with Crippen LogP contribution in [0, 0.1) is 17.0 Å². The van der Waals surface area contributed by atoms with Gasteiger partial charge in [-0.25, -0.2) is 0 Å². The van der Waals surface area contributed by atoms with Gasteiger partial charge in [0.1, 0.15) is 6.61 Å². The van der Waals surface area contributed by atoms with Crippen molar-refractivity contribution in [2.75, 3.05) is 0 Å². The van der Waals surface area contributed by atoms with Gasteiger partial charge in [-0.2, -0.15) is 0 Å². The Labute approximate surface area is 180 Å². The second-order valence-corrected chi connectivity index (χ2v) is 7.08. The van der Waals surface area contributed by atoms with E-state index in [9.17, 15) is 14.9 Å². The van der Waals surface area contributed by atoms with Crippen LogP contribution in [0.3, 0.4) is 0 Å². The van der Waals surface area contributed by atoms with Crippen LogP contribution in [0.4, 0.5) is 5.69 Å². The zero-order valence-corrected chi connectivity index (χ0v) is 17.3. The lowest BCUT2D eigenvalue weighted by atomic mass is 10.1. The standard InChI is InChI=1S/C24H23N3O4/c1-17-12-13-25-21(14-17)18(2)26-24(28)11-9-19-8-10-22(27(29)30)23(15-19)31-16-20-6-4-3-5-7-20/h3-15,18H,16H2,1-2H3,(H,26,28). The number of nitro benzene ring substituents is 1. The molecule has 7 heteroatoms. The molecule has 31 heavy (non-hydrogen) atoms. The molecule has 158 valence electrons. The fraction of sp³-hybridized carbons (Fsp3) is 0.167. The molecule has 1 unspecified atom stereocenters. The molecule has 0 bridgehead atoms. The molecule has 0 saturated carbocycles. The zero-order valence-electron chi connectivity index (χ0n) is 17.3. The number of carbonyl (C=O) groups is 1. The molecule has 1 atom stereocenters. The van der Waals surface area contributed by atoms with Crippen LogP contribution in [0.2, 0.25) is 0 Å². The van der Waals surface area contributed by atoms with Crippen molar-refractivity contribution in [2.24, 2.45) is 0 Å². The summed E-state index contributed by atoms with van der Waals surface area (Å²) in [4.78, 5) is 27.4. The number of nitro groups is 1. The summed E-state index contributed by atoms with van der Waals surface area (Å²) in [6.45, 7) is 4.02. The third-order valence-electron chi connectivity index (χ3n) is 4.58. The third-order valence-corrected chi connectivity index (χ3v) is 4.58. The van der Waals surface area contributed by atoms with Crippen molar-refractivity contribution in [1.29, 1.82) is 0 Å². The molecule has 1 amide bonds. The van der Waals surface area contributed by atoms with Crippen LogP contribution < -0.4 is 10.1 Å². The first-order valence-electron chi connectivity index (χ1n) is 9.78.